The van der Waals surface area contributed by atoms with Crippen molar-refractivity contribution >= 4 is 11.7 Å². The fourth-order valence-corrected chi connectivity index (χ4v) is 1.17. The van der Waals surface area contributed by atoms with Gasteiger partial charge in [0, 0.05) is 6.61 Å². The zero-order valence-corrected chi connectivity index (χ0v) is 8.55. The zero-order valence-electron chi connectivity index (χ0n) is 8.55. The number of amides is 1. The van der Waals surface area contributed by atoms with Gasteiger partial charge in [-0.1, -0.05) is 0 Å². The molecular formula is C9H16N2O2. The second kappa shape index (κ2) is 3.46. The predicted molar refractivity (Wildman–Crippen MR) is 50.7 cm³/mol. The molecule has 1 amide bonds. The van der Waals surface area contributed by atoms with E-state index in [1.807, 2.05) is 13.8 Å². The molecule has 0 aliphatic carbocycles. The van der Waals surface area contributed by atoms with E-state index in [0.717, 1.165) is 0 Å². The Hall–Kier alpha value is -0.900. The molecule has 0 saturated carbocycles. The highest BCUT2D eigenvalue weighted by Gasteiger charge is 2.35. The molecule has 13 heavy (non-hydrogen) atoms. The Labute approximate surface area is 78.4 Å². The van der Waals surface area contributed by atoms with Crippen molar-refractivity contribution in [3.05, 3.63) is 0 Å². The maximum Gasteiger partial charge on any atom is 0.252 e. The van der Waals surface area contributed by atoms with Crippen LogP contribution >= 0.6 is 0 Å². The van der Waals surface area contributed by atoms with E-state index < -0.39 is 5.54 Å². The van der Waals surface area contributed by atoms with Gasteiger partial charge in [-0.25, -0.2) is 0 Å². The molecule has 0 spiro atoms. The lowest BCUT2D eigenvalue weighted by molar-refractivity contribution is -0.122. The monoisotopic (exact) mass is 184 g/mol. The van der Waals surface area contributed by atoms with Crippen LogP contribution in [0.1, 0.15) is 27.7 Å². The summed E-state index contributed by atoms with van der Waals surface area (Å²) in [5.74, 6) is 0.575. The van der Waals surface area contributed by atoms with Gasteiger partial charge in [-0.2, -0.15) is 0 Å². The minimum atomic E-state index is -0.638. The van der Waals surface area contributed by atoms with Crippen molar-refractivity contribution in [3.63, 3.8) is 0 Å². The van der Waals surface area contributed by atoms with Gasteiger partial charge in [0.2, 0.25) is 0 Å². The Morgan fingerprint density at radius 3 is 2.62 bits per heavy atom. The van der Waals surface area contributed by atoms with Gasteiger partial charge < -0.3 is 10.1 Å². The summed E-state index contributed by atoms with van der Waals surface area (Å²) in [6, 6.07) is 0. The molecule has 0 saturated heterocycles. The first kappa shape index (κ1) is 10.2. The number of nitrogens with one attached hydrogen (secondary N) is 1. The Kier molecular flexibility index (Phi) is 2.71. The van der Waals surface area contributed by atoms with Gasteiger partial charge in [0.05, 0.1) is 0 Å². The third-order valence-electron chi connectivity index (χ3n) is 2.00. The number of carbonyl (C=O) groups is 1. The van der Waals surface area contributed by atoms with Crippen molar-refractivity contribution in [2.24, 2.45) is 4.99 Å². The minimum absolute atomic E-state index is 0.0611. The van der Waals surface area contributed by atoms with Gasteiger partial charge in [0.25, 0.3) is 5.91 Å². The van der Waals surface area contributed by atoms with Crippen molar-refractivity contribution in [1.29, 1.82) is 0 Å². The average molecular weight is 184 g/mol. The summed E-state index contributed by atoms with van der Waals surface area (Å²) >= 11 is 0. The number of nitrogens with zero attached hydrogens (tertiary/aromatic N) is 1. The number of hydrogen-bond acceptors (Lipinski definition) is 3. The van der Waals surface area contributed by atoms with Gasteiger partial charge in [0.1, 0.15) is 17.5 Å². The Balaban J connectivity index is 2.69. The van der Waals surface area contributed by atoms with Gasteiger partial charge in [-0.05, 0) is 27.7 Å². The van der Waals surface area contributed by atoms with Crippen molar-refractivity contribution in [3.8, 4) is 0 Å². The van der Waals surface area contributed by atoms with Crippen LogP contribution in [-0.4, -0.2) is 30.0 Å². The first-order valence-corrected chi connectivity index (χ1v) is 4.50. The molecular weight excluding hydrogens is 168 g/mol. The van der Waals surface area contributed by atoms with E-state index in [9.17, 15) is 4.79 Å². The molecule has 0 aromatic rings. The van der Waals surface area contributed by atoms with Gasteiger partial charge >= 0.3 is 0 Å². The minimum Gasteiger partial charge on any atom is -0.371 e. The molecule has 4 heteroatoms. The molecule has 1 heterocycles. The highest BCUT2D eigenvalue weighted by atomic mass is 16.5. The molecule has 1 aliphatic rings. The summed E-state index contributed by atoms with van der Waals surface area (Å²) in [7, 11) is 0. The number of rotatable bonds is 3. The molecule has 0 aromatic heterocycles. The largest absolute Gasteiger partial charge is 0.371 e. The number of aliphatic imine (C=N–C) groups is 1. The lowest BCUT2D eigenvalue weighted by atomic mass is 10.1. The van der Waals surface area contributed by atoms with Crippen LogP contribution in [0.2, 0.25) is 0 Å². The van der Waals surface area contributed by atoms with Gasteiger partial charge in [-0.15, -0.1) is 0 Å². The molecule has 0 fully saturated rings. The molecule has 0 aromatic carbocycles. The quantitative estimate of drug-likeness (QED) is 0.702. The van der Waals surface area contributed by atoms with Crippen molar-refractivity contribution in [2.75, 3.05) is 6.61 Å². The summed E-state index contributed by atoms with van der Waals surface area (Å²) in [5, 5.41) is 2.71. The highest BCUT2D eigenvalue weighted by molar-refractivity contribution is 6.09. The van der Waals surface area contributed by atoms with Crippen LogP contribution in [0.25, 0.3) is 0 Å². The topological polar surface area (TPSA) is 50.7 Å². The molecule has 1 unspecified atom stereocenters. The number of carbonyl (C=O) groups excluding carboxylic acids is 1. The number of hydrogen-bond donors (Lipinski definition) is 1. The molecule has 0 radical (unpaired) electrons. The van der Waals surface area contributed by atoms with E-state index in [2.05, 4.69) is 10.3 Å². The molecule has 1 N–H and O–H groups in total. The zero-order chi connectivity index (χ0) is 10.1. The fourth-order valence-electron chi connectivity index (χ4n) is 1.17. The highest BCUT2D eigenvalue weighted by Crippen LogP contribution is 2.16. The van der Waals surface area contributed by atoms with E-state index in [0.29, 0.717) is 12.4 Å². The summed E-state index contributed by atoms with van der Waals surface area (Å²) in [4.78, 5) is 15.6. The average Bonchev–Trinajstić information content (AvgIpc) is 2.27. The maximum atomic E-state index is 11.3. The van der Waals surface area contributed by atoms with E-state index >= 15 is 0 Å². The van der Waals surface area contributed by atoms with Crippen LogP contribution in [0.3, 0.4) is 0 Å². The summed E-state index contributed by atoms with van der Waals surface area (Å²) in [5.41, 5.74) is -0.638. The van der Waals surface area contributed by atoms with Crippen LogP contribution in [0.15, 0.2) is 4.99 Å². The summed E-state index contributed by atoms with van der Waals surface area (Å²) < 4.78 is 5.32. The van der Waals surface area contributed by atoms with Crippen molar-refractivity contribution in [1.82, 2.24) is 5.32 Å². The van der Waals surface area contributed by atoms with Crippen molar-refractivity contribution < 1.29 is 9.53 Å². The van der Waals surface area contributed by atoms with Crippen molar-refractivity contribution in [2.45, 2.75) is 39.3 Å². The van der Waals surface area contributed by atoms with Crippen LogP contribution in [0.5, 0.6) is 0 Å². The third-order valence-corrected chi connectivity index (χ3v) is 2.00. The Bertz CT molecular complexity index is 246. The second-order valence-corrected chi connectivity index (χ2v) is 3.61. The molecule has 1 atom stereocenters. The fraction of sp³-hybridized carbons (Fsp3) is 0.778. The SMILES string of the molecule is CCOC(C)C1=NC(C)(C)C(=O)N1. The lowest BCUT2D eigenvalue weighted by Gasteiger charge is -2.10. The van der Waals surface area contributed by atoms with Gasteiger partial charge in [0.15, 0.2) is 0 Å². The van der Waals surface area contributed by atoms with Crippen LogP contribution in [0.4, 0.5) is 0 Å². The molecule has 74 valence electrons. The lowest BCUT2D eigenvalue weighted by Crippen LogP contribution is -2.38. The van der Waals surface area contributed by atoms with Crippen LogP contribution < -0.4 is 5.32 Å². The number of amidine groups is 1. The third kappa shape index (κ3) is 2.06. The molecule has 0 bridgehead atoms. The molecule has 1 rings (SSSR count). The van der Waals surface area contributed by atoms with Crippen LogP contribution in [-0.2, 0) is 9.53 Å². The first-order chi connectivity index (χ1) is 5.97. The van der Waals surface area contributed by atoms with E-state index in [1.165, 1.54) is 0 Å². The predicted octanol–water partition coefficient (Wildman–Crippen LogP) is 0.718. The van der Waals surface area contributed by atoms with E-state index in [4.69, 9.17) is 4.74 Å². The summed E-state index contributed by atoms with van der Waals surface area (Å²) in [6.07, 6.45) is -0.129. The first-order valence-electron chi connectivity index (χ1n) is 4.50. The Morgan fingerprint density at radius 2 is 2.23 bits per heavy atom. The smallest absolute Gasteiger partial charge is 0.252 e. The Morgan fingerprint density at radius 1 is 1.62 bits per heavy atom. The molecule has 1 aliphatic heterocycles. The normalized spacial score (nSPS) is 22.5. The standard InChI is InChI=1S/C9H16N2O2/c1-5-13-6(2)7-10-8(12)9(3,4)11-7/h6H,5H2,1-4H3,(H,10,11,12). The summed E-state index contributed by atoms with van der Waals surface area (Å²) in [6.45, 7) is 7.99. The van der Waals surface area contributed by atoms with Gasteiger partial charge in [-0.3, -0.25) is 9.79 Å². The van der Waals surface area contributed by atoms with E-state index in [1.54, 1.807) is 13.8 Å². The van der Waals surface area contributed by atoms with Crippen LogP contribution in [0, 0.1) is 0 Å². The maximum absolute atomic E-state index is 11.3. The number of ether oxygens (including phenoxy) is 1. The second-order valence-electron chi connectivity index (χ2n) is 3.61. The van der Waals surface area contributed by atoms with E-state index in [-0.39, 0.29) is 12.0 Å². The molecule has 4 nitrogen and oxygen atoms in total.